The van der Waals surface area contributed by atoms with E-state index in [-0.39, 0.29) is 23.6 Å². The molecule has 1 rings (SSSR count). The number of allylic oxidation sites excluding steroid dienone is 1. The molecule has 4 heteroatoms. The molecule has 3 nitrogen and oxygen atoms in total. The number of benzene rings is 1. The van der Waals surface area contributed by atoms with Gasteiger partial charge in [-0.3, -0.25) is 4.79 Å². The topological polar surface area (TPSA) is 38.3 Å². The van der Waals surface area contributed by atoms with Gasteiger partial charge in [0.25, 0.3) is 0 Å². The third-order valence-corrected chi connectivity index (χ3v) is 2.78. The van der Waals surface area contributed by atoms with Gasteiger partial charge < -0.3 is 10.1 Å². The molecule has 1 N–H and O–H groups in total. The molecule has 1 atom stereocenters. The number of nitrogens with one attached hydrogen (secondary N) is 1. The van der Waals surface area contributed by atoms with Crippen molar-refractivity contribution in [2.75, 3.05) is 13.6 Å². The van der Waals surface area contributed by atoms with Crippen LogP contribution in [0.1, 0.15) is 26.3 Å². The largest absolute Gasteiger partial charge is 0.486 e. The van der Waals surface area contributed by atoms with Gasteiger partial charge in [-0.05, 0) is 37.7 Å². The maximum absolute atomic E-state index is 13.7. The van der Waals surface area contributed by atoms with Crippen LogP contribution in [0.25, 0.3) is 6.08 Å². The van der Waals surface area contributed by atoms with Crippen LogP contribution < -0.4 is 10.1 Å². The minimum Gasteiger partial charge on any atom is -0.486 e. The fourth-order valence-electron chi connectivity index (χ4n) is 1.63. The van der Waals surface area contributed by atoms with Crippen molar-refractivity contribution < 1.29 is 13.9 Å². The molecular formula is C16H22FNO2. The molecule has 0 heterocycles. The van der Waals surface area contributed by atoms with Gasteiger partial charge in [0.1, 0.15) is 6.10 Å². The van der Waals surface area contributed by atoms with Gasteiger partial charge in [-0.25, -0.2) is 4.39 Å². The van der Waals surface area contributed by atoms with Gasteiger partial charge in [-0.2, -0.15) is 0 Å². The van der Waals surface area contributed by atoms with E-state index >= 15 is 0 Å². The summed E-state index contributed by atoms with van der Waals surface area (Å²) < 4.78 is 19.2. The first-order chi connectivity index (χ1) is 9.43. The molecule has 0 bridgehead atoms. The van der Waals surface area contributed by atoms with Crippen LogP contribution in [-0.2, 0) is 4.79 Å². The Labute approximate surface area is 119 Å². The van der Waals surface area contributed by atoms with Crippen LogP contribution in [0.4, 0.5) is 4.39 Å². The number of hydrogen-bond acceptors (Lipinski definition) is 3. The van der Waals surface area contributed by atoms with Gasteiger partial charge in [-0.1, -0.05) is 26.0 Å². The highest BCUT2D eigenvalue weighted by Gasteiger charge is 2.09. The maximum Gasteiger partial charge on any atom is 0.165 e. The number of ketones is 1. The first kappa shape index (κ1) is 16.4. The first-order valence-electron chi connectivity index (χ1n) is 6.76. The molecule has 0 aliphatic carbocycles. The monoisotopic (exact) mass is 279 g/mol. The van der Waals surface area contributed by atoms with E-state index < -0.39 is 5.82 Å². The predicted molar refractivity (Wildman–Crippen MR) is 79.3 cm³/mol. The van der Waals surface area contributed by atoms with Crippen molar-refractivity contribution in [3.05, 3.63) is 35.7 Å². The summed E-state index contributed by atoms with van der Waals surface area (Å²) in [5.74, 6) is -0.203. The highest BCUT2D eigenvalue weighted by molar-refractivity contribution is 5.94. The van der Waals surface area contributed by atoms with Crippen molar-refractivity contribution in [2.24, 2.45) is 5.92 Å². The van der Waals surface area contributed by atoms with Crippen LogP contribution in [0.5, 0.6) is 5.75 Å². The number of hydrogen-bond donors (Lipinski definition) is 1. The fraction of sp³-hybridized carbons (Fsp3) is 0.438. The van der Waals surface area contributed by atoms with Gasteiger partial charge in [0, 0.05) is 12.5 Å². The van der Waals surface area contributed by atoms with Crippen LogP contribution in [0, 0.1) is 11.7 Å². The summed E-state index contributed by atoms with van der Waals surface area (Å²) in [4.78, 5) is 11.5. The zero-order chi connectivity index (χ0) is 15.1. The summed E-state index contributed by atoms with van der Waals surface area (Å²) in [5.41, 5.74) is 0.743. The lowest BCUT2D eigenvalue weighted by atomic mass is 10.1. The Morgan fingerprint density at radius 2 is 2.10 bits per heavy atom. The average molecular weight is 279 g/mol. The highest BCUT2D eigenvalue weighted by atomic mass is 19.1. The second-order valence-electron chi connectivity index (χ2n) is 5.07. The van der Waals surface area contributed by atoms with Crippen molar-refractivity contribution in [2.45, 2.75) is 26.9 Å². The summed E-state index contributed by atoms with van der Waals surface area (Å²) in [7, 11) is 1.81. The van der Waals surface area contributed by atoms with Crippen LogP contribution in [0.3, 0.4) is 0 Å². The zero-order valence-electron chi connectivity index (χ0n) is 12.4. The molecule has 0 aliphatic heterocycles. The second-order valence-corrected chi connectivity index (χ2v) is 5.07. The van der Waals surface area contributed by atoms with Crippen molar-refractivity contribution in [3.8, 4) is 5.75 Å². The van der Waals surface area contributed by atoms with E-state index in [1.807, 2.05) is 27.8 Å². The number of carbonyl (C=O) groups is 1. The van der Waals surface area contributed by atoms with Crippen molar-refractivity contribution >= 4 is 11.9 Å². The van der Waals surface area contributed by atoms with Gasteiger partial charge in [0.15, 0.2) is 17.3 Å². The van der Waals surface area contributed by atoms with E-state index in [9.17, 15) is 9.18 Å². The molecule has 0 amide bonds. The van der Waals surface area contributed by atoms with Crippen LogP contribution in [0.15, 0.2) is 24.3 Å². The molecule has 0 saturated heterocycles. The Hall–Kier alpha value is -1.68. The van der Waals surface area contributed by atoms with E-state index in [0.29, 0.717) is 6.54 Å². The Morgan fingerprint density at radius 1 is 1.40 bits per heavy atom. The summed E-state index contributed by atoms with van der Waals surface area (Å²) in [6.07, 6.45) is 3.06. The smallest absolute Gasteiger partial charge is 0.165 e. The average Bonchev–Trinajstić information content (AvgIpc) is 2.39. The highest BCUT2D eigenvalue weighted by Crippen LogP contribution is 2.21. The van der Waals surface area contributed by atoms with E-state index in [4.69, 9.17) is 4.74 Å². The van der Waals surface area contributed by atoms with Gasteiger partial charge >= 0.3 is 0 Å². The molecule has 0 spiro atoms. The predicted octanol–water partition coefficient (Wildman–Crippen LogP) is 3.05. The molecule has 0 aliphatic rings. The molecule has 0 aromatic heterocycles. The number of ether oxygens (including phenoxy) is 1. The van der Waals surface area contributed by atoms with Crippen LogP contribution >= 0.6 is 0 Å². The van der Waals surface area contributed by atoms with Crippen molar-refractivity contribution in [1.29, 1.82) is 0 Å². The summed E-state index contributed by atoms with van der Waals surface area (Å²) in [6, 6.07) is 4.57. The second kappa shape index (κ2) is 7.80. The molecule has 0 radical (unpaired) electrons. The lowest BCUT2D eigenvalue weighted by molar-refractivity contribution is -0.117. The first-order valence-corrected chi connectivity index (χ1v) is 6.76. The molecule has 110 valence electrons. The van der Waals surface area contributed by atoms with Gasteiger partial charge in [0.05, 0.1) is 0 Å². The number of halogens is 1. The fourth-order valence-corrected chi connectivity index (χ4v) is 1.63. The van der Waals surface area contributed by atoms with Crippen LogP contribution in [0.2, 0.25) is 0 Å². The van der Waals surface area contributed by atoms with Gasteiger partial charge in [0.2, 0.25) is 0 Å². The lowest BCUT2D eigenvalue weighted by Crippen LogP contribution is -2.26. The minimum absolute atomic E-state index is 0.0420. The quantitative estimate of drug-likeness (QED) is 0.780. The molecule has 20 heavy (non-hydrogen) atoms. The summed E-state index contributed by atoms with van der Waals surface area (Å²) in [5, 5.41) is 2.97. The van der Waals surface area contributed by atoms with Crippen LogP contribution in [-0.4, -0.2) is 25.5 Å². The molecule has 0 fully saturated rings. The van der Waals surface area contributed by atoms with E-state index in [1.54, 1.807) is 18.2 Å². The third-order valence-electron chi connectivity index (χ3n) is 2.78. The summed E-state index contributed by atoms with van der Waals surface area (Å²) in [6.45, 7) is 6.17. The van der Waals surface area contributed by atoms with Gasteiger partial charge in [-0.15, -0.1) is 0 Å². The summed E-state index contributed by atoms with van der Waals surface area (Å²) >= 11 is 0. The molecule has 0 saturated carbocycles. The number of carbonyl (C=O) groups excluding carboxylic acids is 1. The van der Waals surface area contributed by atoms with E-state index in [1.165, 1.54) is 12.1 Å². The number of likely N-dealkylation sites (N-methyl/N-ethyl adjacent to an activating group) is 1. The Kier molecular flexibility index (Phi) is 6.39. The maximum atomic E-state index is 13.7. The Bertz CT molecular complexity index is 483. The molecular weight excluding hydrogens is 257 g/mol. The zero-order valence-corrected chi connectivity index (χ0v) is 12.4. The SMILES string of the molecule is CNC[C@@H](C)Oc1cc(/C=C/C(=O)C(C)C)ccc1F. The Balaban J connectivity index is 2.83. The number of rotatable bonds is 7. The standard InChI is InChI=1S/C16H22FNO2/c1-11(2)15(19)8-6-13-5-7-14(17)16(9-13)20-12(3)10-18-4/h5-9,11-12,18H,10H2,1-4H3/b8-6+/t12-/m1/s1. The normalized spacial score (nSPS) is 12.9. The third kappa shape index (κ3) is 5.13. The molecule has 1 aromatic rings. The minimum atomic E-state index is -0.403. The Morgan fingerprint density at radius 3 is 2.70 bits per heavy atom. The molecule has 1 aromatic carbocycles. The van der Waals surface area contributed by atoms with E-state index in [2.05, 4.69) is 5.32 Å². The van der Waals surface area contributed by atoms with E-state index in [0.717, 1.165) is 5.56 Å². The lowest BCUT2D eigenvalue weighted by Gasteiger charge is -2.15. The molecule has 0 unspecified atom stereocenters. The van der Waals surface area contributed by atoms with Crippen molar-refractivity contribution in [1.82, 2.24) is 5.32 Å². The van der Waals surface area contributed by atoms with Crippen molar-refractivity contribution in [3.63, 3.8) is 0 Å².